The quantitative estimate of drug-likeness (QED) is 0.713. The average molecular weight is 322 g/mol. The molecule has 0 aromatic rings. The topological polar surface area (TPSA) is 74.6 Å². The van der Waals surface area contributed by atoms with Gasteiger partial charge in [-0.05, 0) is 31.1 Å². The van der Waals surface area contributed by atoms with Crippen molar-refractivity contribution in [3.05, 3.63) is 24.3 Å². The Kier molecular flexibility index (Phi) is 8.67. The van der Waals surface area contributed by atoms with Crippen molar-refractivity contribution < 1.29 is 19.8 Å². The molecule has 0 aliphatic heterocycles. The maximum absolute atomic E-state index is 10.5. The Labute approximate surface area is 139 Å². The fourth-order valence-corrected chi connectivity index (χ4v) is 3.45. The van der Waals surface area contributed by atoms with Crippen molar-refractivity contribution >= 4 is 11.9 Å². The minimum Gasteiger partial charge on any atom is -0.478 e. The third-order valence-corrected chi connectivity index (χ3v) is 4.93. The number of carboxylic acid groups (broad SMARTS) is 2. The van der Waals surface area contributed by atoms with Gasteiger partial charge in [-0.1, -0.05) is 64.5 Å². The molecule has 0 amide bonds. The van der Waals surface area contributed by atoms with Crippen molar-refractivity contribution in [1.29, 1.82) is 0 Å². The van der Waals surface area contributed by atoms with Crippen molar-refractivity contribution in [2.75, 3.05) is 0 Å². The first-order valence-electron chi connectivity index (χ1n) is 8.75. The van der Waals surface area contributed by atoms with E-state index in [1.54, 1.807) is 0 Å². The molecule has 0 radical (unpaired) electrons. The zero-order valence-corrected chi connectivity index (χ0v) is 14.1. The molecule has 4 nitrogen and oxygen atoms in total. The van der Waals surface area contributed by atoms with E-state index < -0.39 is 11.9 Å². The Morgan fingerprint density at radius 3 is 1.70 bits per heavy atom. The highest BCUT2D eigenvalue weighted by Gasteiger charge is 2.20. The molecule has 2 aliphatic rings. The Morgan fingerprint density at radius 2 is 1.26 bits per heavy atom. The molecule has 2 rings (SSSR count). The SMILES string of the molecule is C=C(C(=O)O)C1CCCCC1.C=C(CC1CCCCC1)C(=O)O. The largest absolute Gasteiger partial charge is 0.478 e. The molecule has 0 atom stereocenters. The van der Waals surface area contributed by atoms with Crippen LogP contribution < -0.4 is 0 Å². The first kappa shape index (κ1) is 19.5. The van der Waals surface area contributed by atoms with E-state index in [4.69, 9.17) is 10.2 Å². The van der Waals surface area contributed by atoms with E-state index >= 15 is 0 Å². The van der Waals surface area contributed by atoms with Crippen molar-refractivity contribution in [2.45, 2.75) is 70.6 Å². The molecule has 0 spiro atoms. The van der Waals surface area contributed by atoms with Gasteiger partial charge < -0.3 is 10.2 Å². The van der Waals surface area contributed by atoms with E-state index in [2.05, 4.69) is 13.2 Å². The third-order valence-electron chi connectivity index (χ3n) is 4.93. The van der Waals surface area contributed by atoms with Crippen LogP contribution in [0.5, 0.6) is 0 Å². The second kappa shape index (κ2) is 10.2. The number of hydrogen-bond acceptors (Lipinski definition) is 2. The van der Waals surface area contributed by atoms with Gasteiger partial charge >= 0.3 is 11.9 Å². The molecular weight excluding hydrogens is 292 g/mol. The molecule has 2 saturated carbocycles. The van der Waals surface area contributed by atoms with Gasteiger partial charge in [-0.3, -0.25) is 0 Å². The minimum absolute atomic E-state index is 0.251. The average Bonchev–Trinajstić information content (AvgIpc) is 2.56. The van der Waals surface area contributed by atoms with Gasteiger partial charge in [0.05, 0.1) is 0 Å². The summed E-state index contributed by atoms with van der Waals surface area (Å²) in [5.41, 5.74) is 0.784. The van der Waals surface area contributed by atoms with Crippen molar-refractivity contribution in [2.24, 2.45) is 11.8 Å². The number of rotatable bonds is 5. The molecule has 0 saturated heterocycles. The fourth-order valence-electron chi connectivity index (χ4n) is 3.45. The van der Waals surface area contributed by atoms with Crippen molar-refractivity contribution in [3.8, 4) is 0 Å². The predicted octanol–water partition coefficient (Wildman–Crippen LogP) is 4.81. The van der Waals surface area contributed by atoms with Gasteiger partial charge in [0.1, 0.15) is 0 Å². The summed E-state index contributed by atoms with van der Waals surface area (Å²) in [5, 5.41) is 17.2. The van der Waals surface area contributed by atoms with E-state index in [0.29, 0.717) is 23.5 Å². The van der Waals surface area contributed by atoms with Crippen LogP contribution in [0.2, 0.25) is 0 Å². The van der Waals surface area contributed by atoms with Crippen LogP contribution in [0.1, 0.15) is 70.6 Å². The molecule has 4 heteroatoms. The number of aliphatic carboxylic acids is 2. The van der Waals surface area contributed by atoms with Crippen LogP contribution >= 0.6 is 0 Å². The summed E-state index contributed by atoms with van der Waals surface area (Å²) in [6.07, 6.45) is 12.5. The van der Waals surface area contributed by atoms with Crippen LogP contribution in [0.3, 0.4) is 0 Å². The predicted molar refractivity (Wildman–Crippen MR) is 91.3 cm³/mol. The molecule has 0 heterocycles. The summed E-state index contributed by atoms with van der Waals surface area (Å²) in [5.74, 6) is -0.818. The van der Waals surface area contributed by atoms with E-state index in [9.17, 15) is 9.59 Å². The molecule has 2 aliphatic carbocycles. The highest BCUT2D eigenvalue weighted by molar-refractivity contribution is 5.86. The lowest BCUT2D eigenvalue weighted by atomic mass is 9.84. The minimum atomic E-state index is -0.833. The standard InChI is InChI=1S/C10H16O2.C9H14O2/c1-8(10(11)12)7-9-5-3-2-4-6-9;1-7(9(10)11)8-5-3-2-4-6-8/h9H,1-7H2,(H,11,12);8H,1-6H2,(H,10,11). The van der Waals surface area contributed by atoms with Crippen LogP contribution in [0, 0.1) is 11.8 Å². The van der Waals surface area contributed by atoms with Gasteiger partial charge in [-0.15, -0.1) is 0 Å². The number of hydrogen-bond donors (Lipinski definition) is 2. The molecule has 0 bridgehead atoms. The molecule has 0 aromatic heterocycles. The van der Waals surface area contributed by atoms with E-state index in [1.165, 1.54) is 38.5 Å². The summed E-state index contributed by atoms with van der Waals surface area (Å²) in [6.45, 7) is 7.13. The van der Waals surface area contributed by atoms with E-state index in [0.717, 1.165) is 25.7 Å². The van der Waals surface area contributed by atoms with Gasteiger partial charge in [0.15, 0.2) is 0 Å². The normalized spacial score (nSPS) is 19.3. The maximum Gasteiger partial charge on any atom is 0.331 e. The number of carboxylic acids is 2. The van der Waals surface area contributed by atoms with E-state index in [-0.39, 0.29) is 5.92 Å². The molecule has 0 aromatic carbocycles. The molecule has 23 heavy (non-hydrogen) atoms. The fraction of sp³-hybridized carbons (Fsp3) is 0.684. The Balaban J connectivity index is 0.000000231. The van der Waals surface area contributed by atoms with Gasteiger partial charge in [-0.25, -0.2) is 9.59 Å². The molecular formula is C19H30O4. The van der Waals surface area contributed by atoms with Crippen LogP contribution in [0.25, 0.3) is 0 Å². The Morgan fingerprint density at radius 1 is 0.783 bits per heavy atom. The molecule has 2 N–H and O–H groups in total. The zero-order chi connectivity index (χ0) is 17.2. The molecule has 2 fully saturated rings. The third kappa shape index (κ3) is 7.49. The lowest BCUT2D eigenvalue weighted by Crippen LogP contribution is -2.14. The summed E-state index contributed by atoms with van der Waals surface area (Å²) < 4.78 is 0. The Bertz CT molecular complexity index is 427. The van der Waals surface area contributed by atoms with Gasteiger partial charge in [0.2, 0.25) is 0 Å². The first-order chi connectivity index (χ1) is 10.9. The maximum atomic E-state index is 10.5. The van der Waals surface area contributed by atoms with Gasteiger partial charge in [-0.2, -0.15) is 0 Å². The first-order valence-corrected chi connectivity index (χ1v) is 8.75. The monoisotopic (exact) mass is 322 g/mol. The smallest absolute Gasteiger partial charge is 0.331 e. The van der Waals surface area contributed by atoms with Crippen molar-refractivity contribution in [1.82, 2.24) is 0 Å². The summed E-state index contributed by atoms with van der Waals surface area (Å²) >= 11 is 0. The van der Waals surface area contributed by atoms with Crippen LogP contribution in [-0.4, -0.2) is 22.2 Å². The summed E-state index contributed by atoms with van der Waals surface area (Å²) in [6, 6.07) is 0. The second-order valence-electron chi connectivity index (χ2n) is 6.78. The Hall–Kier alpha value is -1.58. The highest BCUT2D eigenvalue weighted by Crippen LogP contribution is 2.29. The van der Waals surface area contributed by atoms with Gasteiger partial charge in [0.25, 0.3) is 0 Å². The molecule has 130 valence electrons. The lowest BCUT2D eigenvalue weighted by Gasteiger charge is -2.21. The van der Waals surface area contributed by atoms with E-state index in [1.807, 2.05) is 0 Å². The van der Waals surface area contributed by atoms with Gasteiger partial charge in [0, 0.05) is 11.1 Å². The summed E-state index contributed by atoms with van der Waals surface area (Å²) in [7, 11) is 0. The molecule has 0 unspecified atom stereocenters. The highest BCUT2D eigenvalue weighted by atomic mass is 16.4. The van der Waals surface area contributed by atoms with Crippen LogP contribution in [-0.2, 0) is 9.59 Å². The van der Waals surface area contributed by atoms with Crippen LogP contribution in [0.15, 0.2) is 24.3 Å². The summed E-state index contributed by atoms with van der Waals surface area (Å²) in [4.78, 5) is 21.0. The zero-order valence-electron chi connectivity index (χ0n) is 14.1. The van der Waals surface area contributed by atoms with Crippen molar-refractivity contribution in [3.63, 3.8) is 0 Å². The second-order valence-corrected chi connectivity index (χ2v) is 6.78. The van der Waals surface area contributed by atoms with Crippen LogP contribution in [0.4, 0.5) is 0 Å². The lowest BCUT2D eigenvalue weighted by molar-refractivity contribution is -0.134. The number of carbonyl (C=O) groups is 2.